The fourth-order valence-corrected chi connectivity index (χ4v) is 4.56. The standard InChI is InChI=1S/C15H23NOS/c1-2-16-10-13-14-12(6-9-18-14)15(11-17-13)7-4-3-5-8-15/h6,9,13,16H,2-5,7-8,10-11H2,1H3. The third kappa shape index (κ3) is 2.13. The number of likely N-dealkylation sites (N-methyl/N-ethyl adjacent to an activating group) is 1. The van der Waals surface area contributed by atoms with Crippen LogP contribution in [0, 0.1) is 0 Å². The minimum absolute atomic E-state index is 0.285. The van der Waals surface area contributed by atoms with Crippen LogP contribution in [-0.4, -0.2) is 19.7 Å². The predicted molar refractivity (Wildman–Crippen MR) is 76.3 cm³/mol. The summed E-state index contributed by atoms with van der Waals surface area (Å²) in [5.74, 6) is 0. The van der Waals surface area contributed by atoms with Gasteiger partial charge < -0.3 is 10.1 Å². The van der Waals surface area contributed by atoms with E-state index in [0.717, 1.165) is 19.7 Å². The van der Waals surface area contributed by atoms with E-state index in [1.54, 1.807) is 5.56 Å². The van der Waals surface area contributed by atoms with Crippen molar-refractivity contribution in [3.05, 3.63) is 21.9 Å². The van der Waals surface area contributed by atoms with Gasteiger partial charge in [0.1, 0.15) is 6.10 Å². The Morgan fingerprint density at radius 1 is 1.39 bits per heavy atom. The van der Waals surface area contributed by atoms with E-state index in [9.17, 15) is 0 Å². The molecule has 100 valence electrons. The summed E-state index contributed by atoms with van der Waals surface area (Å²) in [6.07, 6.45) is 7.08. The molecule has 0 aromatic carbocycles. The van der Waals surface area contributed by atoms with Gasteiger partial charge in [-0.1, -0.05) is 26.2 Å². The molecule has 2 heterocycles. The van der Waals surface area contributed by atoms with Crippen molar-refractivity contribution in [3.63, 3.8) is 0 Å². The lowest BCUT2D eigenvalue weighted by Gasteiger charge is -2.43. The summed E-state index contributed by atoms with van der Waals surface area (Å²) in [7, 11) is 0. The zero-order valence-electron chi connectivity index (χ0n) is 11.2. The zero-order chi connectivity index (χ0) is 12.4. The Morgan fingerprint density at radius 3 is 3.00 bits per heavy atom. The Labute approximate surface area is 114 Å². The molecule has 1 saturated carbocycles. The fourth-order valence-electron chi connectivity index (χ4n) is 3.49. The lowest BCUT2D eigenvalue weighted by atomic mass is 9.69. The van der Waals surface area contributed by atoms with E-state index in [0.29, 0.717) is 5.41 Å². The number of hydrogen-bond acceptors (Lipinski definition) is 3. The van der Waals surface area contributed by atoms with Gasteiger partial charge >= 0.3 is 0 Å². The number of rotatable bonds is 3. The number of ether oxygens (including phenoxy) is 1. The summed E-state index contributed by atoms with van der Waals surface area (Å²) in [5, 5.41) is 5.68. The van der Waals surface area contributed by atoms with Crippen LogP contribution in [0.2, 0.25) is 0 Å². The zero-order valence-corrected chi connectivity index (χ0v) is 12.0. The third-order valence-electron chi connectivity index (χ3n) is 4.51. The van der Waals surface area contributed by atoms with Crippen LogP contribution < -0.4 is 5.32 Å². The highest BCUT2D eigenvalue weighted by Gasteiger charge is 2.41. The number of fused-ring (bicyclic) bond motifs is 2. The lowest BCUT2D eigenvalue weighted by molar-refractivity contribution is -0.0105. The van der Waals surface area contributed by atoms with E-state index < -0.39 is 0 Å². The molecule has 0 amide bonds. The maximum Gasteiger partial charge on any atom is 0.104 e. The van der Waals surface area contributed by atoms with Crippen LogP contribution in [0.3, 0.4) is 0 Å². The highest BCUT2D eigenvalue weighted by molar-refractivity contribution is 7.10. The molecule has 1 N–H and O–H groups in total. The van der Waals surface area contributed by atoms with Gasteiger partial charge in [-0.05, 0) is 36.4 Å². The Balaban J connectivity index is 1.85. The van der Waals surface area contributed by atoms with Gasteiger partial charge in [0.2, 0.25) is 0 Å². The van der Waals surface area contributed by atoms with Crippen molar-refractivity contribution in [1.82, 2.24) is 5.32 Å². The molecule has 1 unspecified atom stereocenters. The summed E-state index contributed by atoms with van der Waals surface area (Å²) < 4.78 is 6.21. The summed E-state index contributed by atoms with van der Waals surface area (Å²) >= 11 is 1.89. The molecular formula is C15H23NOS. The number of hydrogen-bond donors (Lipinski definition) is 1. The van der Waals surface area contributed by atoms with Crippen LogP contribution in [0.25, 0.3) is 0 Å². The molecule has 1 aliphatic carbocycles. The average molecular weight is 265 g/mol. The second-order valence-electron chi connectivity index (χ2n) is 5.65. The highest BCUT2D eigenvalue weighted by Crippen LogP contribution is 2.48. The topological polar surface area (TPSA) is 21.3 Å². The van der Waals surface area contributed by atoms with Gasteiger partial charge in [-0.15, -0.1) is 11.3 Å². The summed E-state index contributed by atoms with van der Waals surface area (Å²) in [4.78, 5) is 1.49. The molecule has 18 heavy (non-hydrogen) atoms. The molecule has 0 saturated heterocycles. The van der Waals surface area contributed by atoms with Crippen molar-refractivity contribution in [2.24, 2.45) is 0 Å². The molecule has 1 aliphatic heterocycles. The number of nitrogens with one attached hydrogen (secondary N) is 1. The molecule has 3 heteroatoms. The minimum Gasteiger partial charge on any atom is -0.370 e. The maximum absolute atomic E-state index is 6.21. The molecule has 1 atom stereocenters. The Kier molecular flexibility index (Phi) is 3.73. The van der Waals surface area contributed by atoms with Crippen LogP contribution in [0.15, 0.2) is 11.4 Å². The van der Waals surface area contributed by atoms with Gasteiger partial charge in [-0.2, -0.15) is 0 Å². The summed E-state index contributed by atoms with van der Waals surface area (Å²) in [5.41, 5.74) is 1.97. The Hall–Kier alpha value is -0.380. The van der Waals surface area contributed by atoms with E-state index in [-0.39, 0.29) is 6.10 Å². The van der Waals surface area contributed by atoms with Crippen molar-refractivity contribution in [1.29, 1.82) is 0 Å². The van der Waals surface area contributed by atoms with Crippen molar-refractivity contribution in [2.75, 3.05) is 19.7 Å². The largest absolute Gasteiger partial charge is 0.370 e. The van der Waals surface area contributed by atoms with Gasteiger partial charge in [-0.3, -0.25) is 0 Å². The van der Waals surface area contributed by atoms with Crippen LogP contribution >= 0.6 is 11.3 Å². The molecule has 0 radical (unpaired) electrons. The highest BCUT2D eigenvalue weighted by atomic mass is 32.1. The first-order valence-corrected chi connectivity index (χ1v) is 8.14. The normalized spacial score (nSPS) is 26.2. The van der Waals surface area contributed by atoms with Gasteiger partial charge in [0.05, 0.1) is 6.61 Å². The molecule has 1 spiro atoms. The van der Waals surface area contributed by atoms with Gasteiger partial charge in [-0.25, -0.2) is 0 Å². The minimum atomic E-state index is 0.285. The molecule has 0 bridgehead atoms. The average Bonchev–Trinajstić information content (AvgIpc) is 2.90. The van der Waals surface area contributed by atoms with Crippen LogP contribution in [0.5, 0.6) is 0 Å². The summed E-state index contributed by atoms with van der Waals surface area (Å²) in [6.45, 7) is 5.07. The van der Waals surface area contributed by atoms with E-state index in [4.69, 9.17) is 4.74 Å². The predicted octanol–water partition coefficient (Wildman–Crippen LogP) is 3.63. The first kappa shape index (κ1) is 12.6. The monoisotopic (exact) mass is 265 g/mol. The van der Waals surface area contributed by atoms with Crippen LogP contribution in [0.1, 0.15) is 55.6 Å². The second kappa shape index (κ2) is 5.32. The second-order valence-corrected chi connectivity index (χ2v) is 6.59. The molecule has 2 nitrogen and oxygen atoms in total. The van der Waals surface area contributed by atoms with Crippen molar-refractivity contribution in [2.45, 2.75) is 50.5 Å². The van der Waals surface area contributed by atoms with E-state index >= 15 is 0 Å². The SMILES string of the molecule is CCNCC1OCC2(CCCCC2)c2ccsc21. The maximum atomic E-state index is 6.21. The smallest absolute Gasteiger partial charge is 0.104 e. The first-order valence-electron chi connectivity index (χ1n) is 7.26. The Bertz CT molecular complexity index is 395. The molecule has 1 aromatic heterocycles. The van der Waals surface area contributed by atoms with Crippen LogP contribution in [0.4, 0.5) is 0 Å². The molecule has 2 aliphatic rings. The van der Waals surface area contributed by atoms with Crippen molar-refractivity contribution in [3.8, 4) is 0 Å². The van der Waals surface area contributed by atoms with Crippen molar-refractivity contribution >= 4 is 11.3 Å². The van der Waals surface area contributed by atoms with E-state index in [1.807, 2.05) is 11.3 Å². The van der Waals surface area contributed by atoms with Crippen molar-refractivity contribution < 1.29 is 4.74 Å². The van der Waals surface area contributed by atoms with E-state index in [1.165, 1.54) is 37.0 Å². The lowest BCUT2D eigenvalue weighted by Crippen LogP contribution is -2.40. The molecule has 1 aromatic rings. The Morgan fingerprint density at radius 2 is 2.22 bits per heavy atom. The van der Waals surface area contributed by atoms with Gasteiger partial charge in [0, 0.05) is 16.8 Å². The molecule has 3 rings (SSSR count). The third-order valence-corrected chi connectivity index (χ3v) is 5.52. The quantitative estimate of drug-likeness (QED) is 0.901. The van der Waals surface area contributed by atoms with Gasteiger partial charge in [0.15, 0.2) is 0 Å². The summed E-state index contributed by atoms with van der Waals surface area (Å²) in [6, 6.07) is 2.37. The molecular weight excluding hydrogens is 242 g/mol. The fraction of sp³-hybridized carbons (Fsp3) is 0.733. The van der Waals surface area contributed by atoms with E-state index in [2.05, 4.69) is 23.7 Å². The van der Waals surface area contributed by atoms with Crippen LogP contribution in [-0.2, 0) is 10.2 Å². The number of thiophene rings is 1. The molecule has 1 fully saturated rings. The first-order chi connectivity index (χ1) is 8.86. The van der Waals surface area contributed by atoms with Gasteiger partial charge in [0.25, 0.3) is 0 Å².